The summed E-state index contributed by atoms with van der Waals surface area (Å²) in [4.78, 5) is 0.727. The van der Waals surface area contributed by atoms with Crippen LogP contribution < -0.4 is 0 Å². The van der Waals surface area contributed by atoms with Gasteiger partial charge in [0.15, 0.2) is 23.3 Å². The van der Waals surface area contributed by atoms with Crippen LogP contribution in [-0.2, 0) is 4.74 Å². The van der Waals surface area contributed by atoms with Crippen LogP contribution in [0.15, 0.2) is 29.3 Å². The van der Waals surface area contributed by atoms with E-state index in [1.165, 1.54) is 0 Å². The average molecular weight is 517 g/mol. The van der Waals surface area contributed by atoms with Crippen molar-refractivity contribution in [2.75, 3.05) is 6.61 Å². The molecule has 3 aromatic rings. The quantitative estimate of drug-likeness (QED) is 0.272. The van der Waals surface area contributed by atoms with Crippen LogP contribution in [0, 0.1) is 42.9 Å². The molecule has 1 aromatic heterocycles. The summed E-state index contributed by atoms with van der Waals surface area (Å²) in [6.45, 7) is 3.20. The molecule has 1 saturated heterocycles. The Morgan fingerprint density at radius 3 is 2.17 bits per heavy atom. The van der Waals surface area contributed by atoms with Crippen LogP contribution in [-0.4, -0.2) is 60.7 Å². The summed E-state index contributed by atoms with van der Waals surface area (Å²) in [5.41, 5.74) is -0.987. The summed E-state index contributed by atoms with van der Waals surface area (Å²) in [5.74, 6) is -10.8. The number of nitrogens with zero attached hydrogens (tertiary/aromatic N) is 3. The monoisotopic (exact) mass is 517 g/mol. The van der Waals surface area contributed by atoms with Gasteiger partial charge in [-0.2, -0.15) is 0 Å². The van der Waals surface area contributed by atoms with E-state index in [0.717, 1.165) is 38.7 Å². The highest BCUT2D eigenvalue weighted by Gasteiger charge is 2.46. The maximum absolute atomic E-state index is 14.2. The number of aliphatic hydroxyl groups excluding tert-OH is 3. The minimum absolute atomic E-state index is 0.631. The largest absolute Gasteiger partial charge is 0.394 e. The van der Waals surface area contributed by atoms with Crippen molar-refractivity contribution < 1.29 is 42.0 Å². The molecule has 1 aliphatic heterocycles. The molecule has 2 aromatic carbocycles. The molecule has 13 heteroatoms. The minimum atomic E-state index is -2.32. The van der Waals surface area contributed by atoms with E-state index in [0.29, 0.717) is 0 Å². The minimum Gasteiger partial charge on any atom is -0.394 e. The zero-order chi connectivity index (χ0) is 25.6. The Kier molecular flexibility index (Phi) is 7.16. The van der Waals surface area contributed by atoms with Gasteiger partial charge >= 0.3 is 0 Å². The lowest BCUT2D eigenvalue weighted by molar-refractivity contribution is -0.178. The van der Waals surface area contributed by atoms with E-state index in [1.807, 2.05) is 26.0 Å². The van der Waals surface area contributed by atoms with Gasteiger partial charge in [0.25, 0.3) is 0 Å². The predicted octanol–water partition coefficient (Wildman–Crippen LogP) is 3.03. The number of aryl methyl sites for hydroxylation is 2. The van der Waals surface area contributed by atoms with Crippen LogP contribution in [0.2, 0.25) is 0 Å². The third-order valence-corrected chi connectivity index (χ3v) is 7.01. The third kappa shape index (κ3) is 4.54. The zero-order valence-electron chi connectivity index (χ0n) is 18.3. The van der Waals surface area contributed by atoms with Gasteiger partial charge in [0.2, 0.25) is 5.82 Å². The molecule has 0 spiro atoms. The molecule has 0 aliphatic carbocycles. The lowest BCUT2D eigenvalue weighted by Crippen LogP contribution is -2.55. The molecule has 1 fully saturated rings. The molecule has 3 unspecified atom stereocenters. The number of halogens is 5. The van der Waals surface area contributed by atoms with Gasteiger partial charge in [-0.05, 0) is 37.1 Å². The van der Waals surface area contributed by atoms with Crippen LogP contribution >= 0.6 is 11.8 Å². The number of thioether (sulfide) groups is 1. The molecule has 3 N–H and O–H groups in total. The van der Waals surface area contributed by atoms with E-state index in [4.69, 9.17) is 4.74 Å². The van der Waals surface area contributed by atoms with Crippen molar-refractivity contribution in [3.63, 3.8) is 0 Å². The Labute approximate surface area is 200 Å². The molecule has 0 amide bonds. The van der Waals surface area contributed by atoms with E-state index in [9.17, 15) is 37.3 Å². The first-order chi connectivity index (χ1) is 16.5. The van der Waals surface area contributed by atoms with Crippen molar-refractivity contribution in [1.82, 2.24) is 15.0 Å². The Balaban J connectivity index is 1.69. The van der Waals surface area contributed by atoms with Gasteiger partial charge < -0.3 is 20.1 Å². The Morgan fingerprint density at radius 1 is 0.943 bits per heavy atom. The first kappa shape index (κ1) is 25.5. The number of rotatable bonds is 5. The Bertz CT molecular complexity index is 1230. The molecule has 188 valence electrons. The second-order valence-corrected chi connectivity index (χ2v) is 9.26. The number of hydrogen-bond donors (Lipinski definition) is 3. The molecule has 7 nitrogen and oxygen atoms in total. The highest BCUT2D eigenvalue weighted by Crippen LogP contribution is 2.39. The normalized spacial score (nSPS) is 24.7. The van der Waals surface area contributed by atoms with Crippen molar-refractivity contribution in [1.29, 1.82) is 0 Å². The SMILES string of the molecule is Cc1ccc(S[C@H]2OC(CO)[C@H](O)C(n3cc(-c4c(F)c(F)c(F)c(F)c4F)nn3)C2O)cc1C. The van der Waals surface area contributed by atoms with E-state index in [-0.39, 0.29) is 0 Å². The highest BCUT2D eigenvalue weighted by atomic mass is 32.2. The maximum Gasteiger partial charge on any atom is 0.200 e. The summed E-state index contributed by atoms with van der Waals surface area (Å²) in [5, 5.41) is 38.5. The predicted molar refractivity (Wildman–Crippen MR) is 114 cm³/mol. The molecule has 1 aliphatic rings. The van der Waals surface area contributed by atoms with Crippen molar-refractivity contribution in [2.24, 2.45) is 0 Å². The summed E-state index contributed by atoms with van der Waals surface area (Å²) >= 11 is 1.11. The van der Waals surface area contributed by atoms with E-state index < -0.39 is 76.7 Å². The summed E-state index contributed by atoms with van der Waals surface area (Å²) < 4.78 is 75.6. The molecule has 35 heavy (non-hydrogen) atoms. The van der Waals surface area contributed by atoms with Crippen LogP contribution in [0.5, 0.6) is 0 Å². The first-order valence-electron chi connectivity index (χ1n) is 10.3. The number of aromatic nitrogens is 3. The smallest absolute Gasteiger partial charge is 0.200 e. The van der Waals surface area contributed by atoms with Gasteiger partial charge in [-0.1, -0.05) is 23.0 Å². The second kappa shape index (κ2) is 9.82. The summed E-state index contributed by atoms with van der Waals surface area (Å²) in [6.07, 6.45) is -3.34. The molecule has 0 radical (unpaired) electrons. The third-order valence-electron chi connectivity index (χ3n) is 5.86. The lowest BCUT2D eigenvalue weighted by Gasteiger charge is -2.41. The van der Waals surface area contributed by atoms with Gasteiger partial charge in [-0.3, -0.25) is 0 Å². The molecule has 0 bridgehead atoms. The molecule has 5 atom stereocenters. The highest BCUT2D eigenvalue weighted by molar-refractivity contribution is 7.99. The number of benzene rings is 2. The number of hydrogen-bond acceptors (Lipinski definition) is 7. The fourth-order valence-electron chi connectivity index (χ4n) is 3.77. The van der Waals surface area contributed by atoms with Crippen molar-refractivity contribution in [3.8, 4) is 11.3 Å². The van der Waals surface area contributed by atoms with Gasteiger partial charge in [-0.25, -0.2) is 26.6 Å². The van der Waals surface area contributed by atoms with Crippen molar-refractivity contribution in [3.05, 3.63) is 64.6 Å². The van der Waals surface area contributed by atoms with Crippen molar-refractivity contribution >= 4 is 11.8 Å². The van der Waals surface area contributed by atoms with Crippen LogP contribution in [0.25, 0.3) is 11.3 Å². The number of ether oxygens (including phenoxy) is 1. The van der Waals surface area contributed by atoms with E-state index >= 15 is 0 Å². The lowest BCUT2D eigenvalue weighted by atomic mass is 9.97. The maximum atomic E-state index is 14.2. The van der Waals surface area contributed by atoms with Gasteiger partial charge in [0.05, 0.1) is 18.4 Å². The Morgan fingerprint density at radius 2 is 1.57 bits per heavy atom. The molecule has 0 saturated carbocycles. The molecular formula is C22H20F5N3O4S. The standard InChI is InChI=1S/C22H20F5N3O4S/c1-8-3-4-10(5-9(8)2)35-22-21(33)19(20(32)12(7-31)34-22)30-6-11(28-29-30)13-14(23)16(25)18(27)17(26)15(13)24/h3-6,12,19-22,31-33H,7H2,1-2H3/t12?,19?,20-,21?,22+/m0/s1. The molecule has 4 rings (SSSR count). The van der Waals surface area contributed by atoms with Crippen molar-refractivity contribution in [2.45, 2.75) is 48.5 Å². The fourth-order valence-corrected chi connectivity index (χ4v) is 4.92. The first-order valence-corrected chi connectivity index (χ1v) is 11.2. The topological polar surface area (TPSA) is 101 Å². The fraction of sp³-hybridized carbons (Fsp3) is 0.364. The summed E-state index contributed by atoms with van der Waals surface area (Å²) in [6, 6.07) is 4.21. The summed E-state index contributed by atoms with van der Waals surface area (Å²) in [7, 11) is 0. The van der Waals surface area contributed by atoms with Gasteiger partial charge in [-0.15, -0.1) is 5.10 Å². The molecule has 2 heterocycles. The van der Waals surface area contributed by atoms with E-state index in [1.54, 1.807) is 6.07 Å². The number of aliphatic hydroxyl groups is 3. The van der Waals surface area contributed by atoms with Crippen LogP contribution in [0.1, 0.15) is 17.2 Å². The van der Waals surface area contributed by atoms with Gasteiger partial charge in [0.1, 0.15) is 35.5 Å². The van der Waals surface area contributed by atoms with E-state index in [2.05, 4.69) is 10.3 Å². The van der Waals surface area contributed by atoms with Gasteiger partial charge in [0, 0.05) is 4.90 Å². The zero-order valence-corrected chi connectivity index (χ0v) is 19.1. The Hall–Kier alpha value is -2.58. The molecular weight excluding hydrogens is 497 g/mol. The average Bonchev–Trinajstić information content (AvgIpc) is 3.30. The van der Waals surface area contributed by atoms with Crippen LogP contribution in [0.3, 0.4) is 0 Å². The second-order valence-electron chi connectivity index (χ2n) is 8.09. The van der Waals surface area contributed by atoms with Crippen LogP contribution in [0.4, 0.5) is 22.0 Å².